The van der Waals surface area contributed by atoms with Gasteiger partial charge in [0.1, 0.15) is 16.8 Å². The number of halogens is 5. The van der Waals surface area contributed by atoms with E-state index in [4.69, 9.17) is 0 Å². The maximum atomic E-state index is 13.5. The van der Waals surface area contributed by atoms with E-state index in [-0.39, 0.29) is 19.7 Å². The average Bonchev–Trinajstić information content (AvgIpc) is 3.12. The molecule has 0 saturated carbocycles. The van der Waals surface area contributed by atoms with E-state index in [1.807, 2.05) is 0 Å². The molecule has 11 heteroatoms. The lowest BCUT2D eigenvalue weighted by atomic mass is 10.0. The molecule has 0 atom stereocenters. The molecule has 6 nitrogen and oxygen atoms in total. The second-order valence-corrected chi connectivity index (χ2v) is 5.65. The number of nitrogens with zero attached hydrogens (tertiary/aromatic N) is 2. The van der Waals surface area contributed by atoms with E-state index >= 15 is 0 Å². The van der Waals surface area contributed by atoms with Gasteiger partial charge in [-0.2, -0.15) is 13.2 Å². The predicted octanol–water partition coefficient (Wildman–Crippen LogP) is 3.60. The molecule has 0 unspecified atom stereocenters. The molecule has 0 aliphatic carbocycles. The van der Waals surface area contributed by atoms with Gasteiger partial charge in [0, 0.05) is 13.1 Å². The molecule has 1 aliphatic heterocycles. The predicted molar refractivity (Wildman–Crippen MR) is 82.9 cm³/mol. The highest BCUT2D eigenvalue weighted by atomic mass is 19.4. The lowest BCUT2D eigenvalue weighted by Gasteiger charge is -2.26. The van der Waals surface area contributed by atoms with Crippen LogP contribution in [0.1, 0.15) is 58.3 Å². The van der Waals surface area contributed by atoms with E-state index in [9.17, 15) is 31.5 Å². The van der Waals surface area contributed by atoms with Crippen molar-refractivity contribution in [2.75, 3.05) is 31.7 Å². The van der Waals surface area contributed by atoms with E-state index in [0.29, 0.717) is 12.8 Å². The maximum absolute atomic E-state index is 13.5. The van der Waals surface area contributed by atoms with Crippen molar-refractivity contribution in [3.05, 3.63) is 22.5 Å². The summed E-state index contributed by atoms with van der Waals surface area (Å²) in [4.78, 5) is 28.7. The highest BCUT2D eigenvalue weighted by Gasteiger charge is 2.44. The summed E-state index contributed by atoms with van der Waals surface area (Å²) in [6.45, 7) is 1.49. The molecule has 0 amide bonds. The molecule has 1 fully saturated rings. The third-order valence-corrected chi connectivity index (χ3v) is 3.97. The van der Waals surface area contributed by atoms with Gasteiger partial charge in [-0.3, -0.25) is 0 Å². The number of rotatable bonds is 5. The van der Waals surface area contributed by atoms with Crippen LogP contribution in [0.25, 0.3) is 0 Å². The zero-order valence-electron chi connectivity index (χ0n) is 14.5. The van der Waals surface area contributed by atoms with Gasteiger partial charge in [0.15, 0.2) is 5.69 Å². The summed E-state index contributed by atoms with van der Waals surface area (Å²) in [5.74, 6) is -2.70. The molecule has 0 N–H and O–H groups in total. The molecule has 1 saturated heterocycles. The van der Waals surface area contributed by atoms with Crippen LogP contribution in [0.2, 0.25) is 0 Å². The average molecular weight is 396 g/mol. The molecule has 1 aliphatic rings. The van der Waals surface area contributed by atoms with Gasteiger partial charge in [0.25, 0.3) is 6.43 Å². The Morgan fingerprint density at radius 1 is 1.15 bits per heavy atom. The van der Waals surface area contributed by atoms with Gasteiger partial charge < -0.3 is 14.4 Å². The van der Waals surface area contributed by atoms with Crippen molar-refractivity contribution < 1.29 is 41.0 Å². The lowest BCUT2D eigenvalue weighted by Crippen LogP contribution is -2.30. The largest absolute Gasteiger partial charge is 0.465 e. The van der Waals surface area contributed by atoms with E-state index < -0.39 is 52.7 Å². The Bertz CT molecular complexity index is 731. The second-order valence-electron chi connectivity index (χ2n) is 5.65. The maximum Gasteiger partial charge on any atom is 0.434 e. The van der Waals surface area contributed by atoms with Crippen molar-refractivity contribution in [3.8, 4) is 0 Å². The Morgan fingerprint density at radius 2 is 1.74 bits per heavy atom. The van der Waals surface area contributed by atoms with Crippen LogP contribution in [0.3, 0.4) is 0 Å². The van der Waals surface area contributed by atoms with Crippen LogP contribution >= 0.6 is 0 Å². The third kappa shape index (κ3) is 4.11. The smallest absolute Gasteiger partial charge is 0.434 e. The van der Waals surface area contributed by atoms with Crippen LogP contribution in [-0.2, 0) is 15.7 Å². The highest BCUT2D eigenvalue weighted by molar-refractivity contribution is 6.06. The minimum absolute atomic E-state index is 0.181. The topological polar surface area (TPSA) is 68.7 Å². The highest BCUT2D eigenvalue weighted by Crippen LogP contribution is 2.42. The first-order chi connectivity index (χ1) is 12.6. The number of aromatic nitrogens is 1. The fourth-order valence-electron chi connectivity index (χ4n) is 2.91. The quantitative estimate of drug-likeness (QED) is 0.560. The molecule has 150 valence electrons. The van der Waals surface area contributed by atoms with Gasteiger partial charge in [-0.25, -0.2) is 23.4 Å². The number of alkyl halides is 5. The normalized spacial score (nSPS) is 14.6. The first kappa shape index (κ1) is 20.8. The molecule has 27 heavy (non-hydrogen) atoms. The van der Waals surface area contributed by atoms with Gasteiger partial charge in [-0.15, -0.1) is 0 Å². The molecule has 0 spiro atoms. The van der Waals surface area contributed by atoms with E-state index in [2.05, 4.69) is 14.5 Å². The van der Waals surface area contributed by atoms with Crippen LogP contribution < -0.4 is 4.90 Å². The van der Waals surface area contributed by atoms with Crippen molar-refractivity contribution in [1.82, 2.24) is 4.98 Å². The molecule has 2 heterocycles. The molecule has 0 aromatic carbocycles. The number of anilines is 1. The summed E-state index contributed by atoms with van der Waals surface area (Å²) in [7, 11) is 0.896. The molecular weight excluding hydrogens is 379 g/mol. The molecule has 0 radical (unpaired) electrons. The number of methoxy groups -OCH3 is 1. The Labute approximate surface area is 151 Å². The Hall–Kier alpha value is -2.46. The number of carbonyl (C=O) groups excluding carboxylic acids is 2. The van der Waals surface area contributed by atoms with Crippen molar-refractivity contribution in [3.63, 3.8) is 0 Å². The fraction of sp³-hybridized carbons (Fsp3) is 0.562. The lowest BCUT2D eigenvalue weighted by molar-refractivity contribution is -0.142. The van der Waals surface area contributed by atoms with Gasteiger partial charge in [0.05, 0.1) is 19.4 Å². The van der Waals surface area contributed by atoms with Crippen LogP contribution in [0, 0.1) is 0 Å². The number of ether oxygens (including phenoxy) is 2. The van der Waals surface area contributed by atoms with Crippen molar-refractivity contribution in [2.45, 2.75) is 32.4 Å². The van der Waals surface area contributed by atoms with Crippen LogP contribution in [0.15, 0.2) is 0 Å². The number of pyridine rings is 1. The van der Waals surface area contributed by atoms with Crippen LogP contribution in [0.4, 0.5) is 27.6 Å². The van der Waals surface area contributed by atoms with E-state index in [1.165, 1.54) is 11.8 Å². The van der Waals surface area contributed by atoms with Crippen molar-refractivity contribution >= 4 is 17.6 Å². The molecule has 1 aromatic heterocycles. The summed E-state index contributed by atoms with van der Waals surface area (Å²) >= 11 is 0. The molecule has 0 bridgehead atoms. The summed E-state index contributed by atoms with van der Waals surface area (Å²) in [6, 6.07) is 0. The van der Waals surface area contributed by atoms with Gasteiger partial charge in [-0.1, -0.05) is 0 Å². The van der Waals surface area contributed by atoms with Crippen molar-refractivity contribution in [1.29, 1.82) is 0 Å². The van der Waals surface area contributed by atoms with E-state index in [0.717, 1.165) is 7.11 Å². The van der Waals surface area contributed by atoms with E-state index in [1.54, 1.807) is 0 Å². The number of esters is 2. The van der Waals surface area contributed by atoms with Gasteiger partial charge in [0.2, 0.25) is 0 Å². The molecule has 2 rings (SSSR count). The number of carbonyl (C=O) groups is 2. The van der Waals surface area contributed by atoms with Gasteiger partial charge in [-0.05, 0) is 19.8 Å². The van der Waals surface area contributed by atoms with Gasteiger partial charge >= 0.3 is 18.1 Å². The standard InChI is InChI=1S/C16H17F5N2O4/c1-3-27-15(25)9-11(23-6-4-5-7-23)8(14(24)26-2)10(13(17)18)22-12(9)16(19,20)21/h13H,3-7H2,1-2H3. The Morgan fingerprint density at radius 3 is 2.19 bits per heavy atom. The minimum Gasteiger partial charge on any atom is -0.465 e. The zero-order chi connectivity index (χ0) is 20.4. The summed E-state index contributed by atoms with van der Waals surface area (Å²) in [5.41, 5.74) is -5.69. The summed E-state index contributed by atoms with van der Waals surface area (Å²) in [5, 5.41) is 0. The minimum atomic E-state index is -5.21. The third-order valence-electron chi connectivity index (χ3n) is 3.97. The second kappa shape index (κ2) is 8.05. The Balaban J connectivity index is 2.95. The van der Waals surface area contributed by atoms with Crippen molar-refractivity contribution in [2.24, 2.45) is 0 Å². The monoisotopic (exact) mass is 396 g/mol. The first-order valence-electron chi connectivity index (χ1n) is 8.07. The first-order valence-corrected chi connectivity index (χ1v) is 8.07. The fourth-order valence-corrected chi connectivity index (χ4v) is 2.91. The Kier molecular flexibility index (Phi) is 6.22. The number of hydrogen-bond donors (Lipinski definition) is 0. The summed E-state index contributed by atoms with van der Waals surface area (Å²) in [6.07, 6.45) is -7.60. The SMILES string of the molecule is CCOC(=O)c1c(C(F)(F)F)nc(C(F)F)c(C(=O)OC)c1N1CCCC1. The molecular formula is C16H17F5N2O4. The van der Waals surface area contributed by atoms with Crippen LogP contribution in [-0.4, -0.2) is 43.7 Å². The molecule has 1 aromatic rings. The van der Waals surface area contributed by atoms with Crippen LogP contribution in [0.5, 0.6) is 0 Å². The number of hydrogen-bond acceptors (Lipinski definition) is 6. The summed E-state index contributed by atoms with van der Waals surface area (Å²) < 4.78 is 76.7. The zero-order valence-corrected chi connectivity index (χ0v) is 14.5.